The molecule has 0 saturated carbocycles. The number of aromatic nitrogens is 2. The molecule has 1 heterocycles. The molecule has 1 N–H and O–H groups in total. The van der Waals surface area contributed by atoms with E-state index in [9.17, 15) is 18.4 Å². The van der Waals surface area contributed by atoms with Crippen LogP contribution in [0.25, 0.3) is 5.69 Å². The summed E-state index contributed by atoms with van der Waals surface area (Å²) in [6.07, 6.45) is 1.94. The number of aliphatic carboxylic acids is 1. The first kappa shape index (κ1) is 17.1. The fourth-order valence-electron chi connectivity index (χ4n) is 2.97. The summed E-state index contributed by atoms with van der Waals surface area (Å²) in [5.41, 5.74) is 1.35. The second-order valence-electron chi connectivity index (χ2n) is 6.04. The van der Waals surface area contributed by atoms with E-state index in [2.05, 4.69) is 5.10 Å². The van der Waals surface area contributed by atoms with Crippen LogP contribution in [0.5, 0.6) is 0 Å². The number of carbonyl (C=O) groups excluding carboxylic acids is 1. The number of fused-ring (bicyclic) bond motifs is 1. The van der Waals surface area contributed by atoms with Crippen molar-refractivity contribution >= 4 is 11.9 Å². The standard InChI is InChI=1S/C17H17F2N3O3/c1-9(17(24)25)21(2)16(23)15-10-5-3-7-12(10)22(20-15)13-8-4-6-11(18)14(13)19/h4,6,8-9H,3,5,7H2,1-2H3,(H,24,25). The summed E-state index contributed by atoms with van der Waals surface area (Å²) < 4.78 is 29.0. The van der Waals surface area contributed by atoms with Crippen molar-refractivity contribution in [3.05, 3.63) is 46.8 Å². The fourth-order valence-corrected chi connectivity index (χ4v) is 2.97. The van der Waals surface area contributed by atoms with Gasteiger partial charge in [0, 0.05) is 18.3 Å². The van der Waals surface area contributed by atoms with Crippen LogP contribution >= 0.6 is 0 Å². The predicted octanol–water partition coefficient (Wildman–Crippen LogP) is 2.18. The zero-order valence-corrected chi connectivity index (χ0v) is 13.8. The number of carbonyl (C=O) groups is 2. The summed E-state index contributed by atoms with van der Waals surface area (Å²) >= 11 is 0. The Bertz CT molecular complexity index is 863. The van der Waals surface area contributed by atoms with Gasteiger partial charge in [0.25, 0.3) is 5.91 Å². The average molecular weight is 349 g/mol. The van der Waals surface area contributed by atoms with E-state index in [1.165, 1.54) is 30.8 Å². The number of rotatable bonds is 4. The number of halogens is 2. The Kier molecular flexibility index (Phi) is 4.28. The van der Waals surface area contributed by atoms with Crippen LogP contribution in [0.4, 0.5) is 8.78 Å². The molecule has 0 aliphatic heterocycles. The maximum Gasteiger partial charge on any atom is 0.326 e. The third-order valence-corrected chi connectivity index (χ3v) is 4.55. The fraction of sp³-hybridized carbons (Fsp3) is 0.353. The Morgan fingerprint density at radius 3 is 2.72 bits per heavy atom. The van der Waals surface area contributed by atoms with Crippen LogP contribution in [0.2, 0.25) is 0 Å². The Balaban J connectivity index is 2.08. The van der Waals surface area contributed by atoms with E-state index in [-0.39, 0.29) is 11.4 Å². The van der Waals surface area contributed by atoms with E-state index in [1.54, 1.807) is 0 Å². The number of nitrogens with zero attached hydrogens (tertiary/aromatic N) is 3. The molecule has 132 valence electrons. The van der Waals surface area contributed by atoms with Crippen LogP contribution in [0.1, 0.15) is 35.1 Å². The van der Waals surface area contributed by atoms with E-state index in [1.807, 2.05) is 0 Å². The van der Waals surface area contributed by atoms with Crippen molar-refractivity contribution in [1.82, 2.24) is 14.7 Å². The average Bonchev–Trinajstić information content (AvgIpc) is 3.18. The van der Waals surface area contributed by atoms with Gasteiger partial charge in [-0.1, -0.05) is 6.07 Å². The zero-order valence-electron chi connectivity index (χ0n) is 13.8. The zero-order chi connectivity index (χ0) is 18.3. The van der Waals surface area contributed by atoms with Crippen molar-refractivity contribution in [2.45, 2.75) is 32.2 Å². The molecule has 0 spiro atoms. The van der Waals surface area contributed by atoms with Crippen LogP contribution in [0.15, 0.2) is 18.2 Å². The highest BCUT2D eigenvalue weighted by Crippen LogP contribution is 2.30. The van der Waals surface area contributed by atoms with Crippen molar-refractivity contribution in [2.24, 2.45) is 0 Å². The van der Waals surface area contributed by atoms with Gasteiger partial charge in [0.1, 0.15) is 11.7 Å². The van der Waals surface area contributed by atoms with Gasteiger partial charge in [0.2, 0.25) is 0 Å². The quantitative estimate of drug-likeness (QED) is 0.918. The van der Waals surface area contributed by atoms with Gasteiger partial charge in [-0.15, -0.1) is 0 Å². The first-order valence-corrected chi connectivity index (χ1v) is 7.88. The molecule has 2 aromatic rings. The third kappa shape index (κ3) is 2.77. The Hall–Kier alpha value is -2.77. The smallest absolute Gasteiger partial charge is 0.326 e. The largest absolute Gasteiger partial charge is 0.480 e. The summed E-state index contributed by atoms with van der Waals surface area (Å²) in [5.74, 6) is -3.72. The lowest BCUT2D eigenvalue weighted by Crippen LogP contribution is -2.40. The van der Waals surface area contributed by atoms with E-state index in [0.717, 1.165) is 17.4 Å². The van der Waals surface area contributed by atoms with Crippen LogP contribution in [0, 0.1) is 11.6 Å². The number of hydrogen-bond donors (Lipinski definition) is 1. The van der Waals surface area contributed by atoms with E-state index in [4.69, 9.17) is 5.11 Å². The molecule has 1 aliphatic carbocycles. The van der Waals surface area contributed by atoms with Gasteiger partial charge in [-0.3, -0.25) is 4.79 Å². The Morgan fingerprint density at radius 1 is 1.32 bits per heavy atom. The topological polar surface area (TPSA) is 75.4 Å². The molecule has 0 bridgehead atoms. The van der Waals surface area contributed by atoms with Crippen LogP contribution < -0.4 is 0 Å². The van der Waals surface area contributed by atoms with Gasteiger partial charge in [0.05, 0.1) is 0 Å². The third-order valence-electron chi connectivity index (χ3n) is 4.55. The van der Waals surface area contributed by atoms with Gasteiger partial charge in [0.15, 0.2) is 17.3 Å². The maximum atomic E-state index is 14.1. The number of carboxylic acids is 1. The second kappa shape index (κ2) is 6.27. The molecule has 8 heteroatoms. The minimum atomic E-state index is -1.14. The first-order chi connectivity index (χ1) is 11.8. The van der Waals surface area contributed by atoms with Crippen molar-refractivity contribution in [3.8, 4) is 5.69 Å². The Morgan fingerprint density at radius 2 is 2.04 bits per heavy atom. The van der Waals surface area contributed by atoms with E-state index < -0.39 is 29.6 Å². The Labute approximate surface area is 142 Å². The predicted molar refractivity (Wildman–Crippen MR) is 84.7 cm³/mol. The van der Waals surface area contributed by atoms with Crippen molar-refractivity contribution in [3.63, 3.8) is 0 Å². The summed E-state index contributed by atoms with van der Waals surface area (Å²) in [5, 5.41) is 13.3. The second-order valence-corrected chi connectivity index (χ2v) is 6.04. The molecule has 3 rings (SSSR count). The highest BCUT2D eigenvalue weighted by atomic mass is 19.2. The van der Waals surface area contributed by atoms with E-state index >= 15 is 0 Å². The van der Waals surface area contributed by atoms with E-state index in [0.29, 0.717) is 24.1 Å². The molecule has 1 aromatic carbocycles. The van der Waals surface area contributed by atoms with Gasteiger partial charge in [-0.25, -0.2) is 18.3 Å². The molecule has 0 fully saturated rings. The first-order valence-electron chi connectivity index (χ1n) is 7.88. The molecular weight excluding hydrogens is 332 g/mol. The van der Waals surface area contributed by atoms with Gasteiger partial charge >= 0.3 is 5.97 Å². The molecule has 0 radical (unpaired) electrons. The van der Waals surface area contributed by atoms with Gasteiger partial charge in [-0.05, 0) is 38.3 Å². The lowest BCUT2D eigenvalue weighted by molar-refractivity contribution is -0.141. The molecule has 1 aromatic heterocycles. The van der Waals surface area contributed by atoms with Crippen molar-refractivity contribution < 1.29 is 23.5 Å². The van der Waals surface area contributed by atoms with Crippen molar-refractivity contribution in [2.75, 3.05) is 7.05 Å². The summed E-state index contributed by atoms with van der Waals surface area (Å²) in [4.78, 5) is 24.9. The summed E-state index contributed by atoms with van der Waals surface area (Å²) in [6, 6.07) is 2.75. The van der Waals surface area contributed by atoms with Gasteiger partial charge < -0.3 is 10.0 Å². The molecule has 1 aliphatic rings. The van der Waals surface area contributed by atoms with Crippen LogP contribution in [-0.4, -0.2) is 44.8 Å². The minimum absolute atomic E-state index is 0.0638. The van der Waals surface area contributed by atoms with Crippen LogP contribution in [0.3, 0.4) is 0 Å². The monoisotopic (exact) mass is 349 g/mol. The number of carboxylic acid groups (broad SMARTS) is 1. The van der Waals surface area contributed by atoms with Gasteiger partial charge in [-0.2, -0.15) is 5.10 Å². The molecule has 25 heavy (non-hydrogen) atoms. The summed E-state index contributed by atoms with van der Waals surface area (Å²) in [7, 11) is 1.38. The van der Waals surface area contributed by atoms with Crippen molar-refractivity contribution in [1.29, 1.82) is 0 Å². The molecule has 1 unspecified atom stereocenters. The summed E-state index contributed by atoms with van der Waals surface area (Å²) in [6.45, 7) is 1.39. The normalized spacial score (nSPS) is 14.2. The number of benzene rings is 1. The number of hydrogen-bond acceptors (Lipinski definition) is 3. The number of amides is 1. The highest BCUT2D eigenvalue weighted by Gasteiger charge is 2.32. The molecule has 0 saturated heterocycles. The molecule has 1 amide bonds. The lowest BCUT2D eigenvalue weighted by atomic mass is 10.1. The minimum Gasteiger partial charge on any atom is -0.480 e. The SMILES string of the molecule is CC(C(=O)O)N(C)C(=O)c1nn(-c2cccc(F)c2F)c2c1CCC2. The molecular formula is C17H17F2N3O3. The number of likely N-dealkylation sites (N-methyl/N-ethyl adjacent to an activating group) is 1. The van der Waals surface area contributed by atoms with Crippen LogP contribution in [-0.2, 0) is 17.6 Å². The lowest BCUT2D eigenvalue weighted by Gasteiger charge is -2.20. The molecule has 1 atom stereocenters. The highest BCUT2D eigenvalue weighted by molar-refractivity contribution is 5.96. The molecule has 6 nitrogen and oxygen atoms in total. The maximum absolute atomic E-state index is 14.1.